The molecule has 3 rings (SSSR count). The van der Waals surface area contributed by atoms with Gasteiger partial charge in [-0.15, -0.1) is 0 Å². The first-order valence-electron chi connectivity index (χ1n) is 7.65. The van der Waals surface area contributed by atoms with Crippen LogP contribution in [0.25, 0.3) is 11.0 Å². The highest BCUT2D eigenvalue weighted by atomic mass is 35.5. The van der Waals surface area contributed by atoms with Crippen molar-refractivity contribution < 1.29 is 13.2 Å². The van der Waals surface area contributed by atoms with E-state index in [1.54, 1.807) is 36.7 Å². The Kier molecular flexibility index (Phi) is 4.62. The number of methoxy groups -OCH3 is 1. The summed E-state index contributed by atoms with van der Waals surface area (Å²) in [7, 11) is -2.30. The van der Waals surface area contributed by atoms with E-state index in [2.05, 4.69) is 9.71 Å². The molecule has 1 N–H and O–H groups in total. The Morgan fingerprint density at radius 2 is 2.04 bits per heavy atom. The maximum absolute atomic E-state index is 12.9. The number of sulfonamides is 1. The number of anilines is 1. The summed E-state index contributed by atoms with van der Waals surface area (Å²) in [4.78, 5) is 4.49. The molecule has 1 aromatic carbocycles. The molecule has 0 saturated carbocycles. The van der Waals surface area contributed by atoms with Crippen LogP contribution in [-0.2, 0) is 10.0 Å². The van der Waals surface area contributed by atoms with Crippen molar-refractivity contribution >= 4 is 38.3 Å². The minimum atomic E-state index is -3.80. The molecule has 0 atom stereocenters. The van der Waals surface area contributed by atoms with E-state index in [0.29, 0.717) is 27.5 Å². The van der Waals surface area contributed by atoms with Gasteiger partial charge in [0.05, 0.1) is 17.8 Å². The van der Waals surface area contributed by atoms with E-state index in [0.717, 1.165) is 0 Å². The quantitative estimate of drug-likeness (QED) is 0.724. The maximum atomic E-state index is 12.9. The van der Waals surface area contributed by atoms with Gasteiger partial charge in [0, 0.05) is 23.8 Å². The summed E-state index contributed by atoms with van der Waals surface area (Å²) in [6.07, 6.45) is 3.25. The third kappa shape index (κ3) is 3.29. The van der Waals surface area contributed by atoms with Crippen LogP contribution in [0, 0.1) is 0 Å². The molecule has 0 amide bonds. The first-order chi connectivity index (χ1) is 11.8. The normalized spacial score (nSPS) is 11.9. The lowest BCUT2D eigenvalue weighted by Gasteiger charge is -2.09. The van der Waals surface area contributed by atoms with Crippen LogP contribution in [0.3, 0.4) is 0 Å². The van der Waals surface area contributed by atoms with Gasteiger partial charge >= 0.3 is 0 Å². The number of aromatic nitrogens is 2. The molecule has 2 heterocycles. The molecule has 0 aliphatic heterocycles. The summed E-state index contributed by atoms with van der Waals surface area (Å²) >= 11 is 6.07. The summed E-state index contributed by atoms with van der Waals surface area (Å²) in [5, 5.41) is 0.900. The van der Waals surface area contributed by atoms with E-state index in [1.165, 1.54) is 13.2 Å². The van der Waals surface area contributed by atoms with Gasteiger partial charge in [0.25, 0.3) is 10.0 Å². The van der Waals surface area contributed by atoms with E-state index < -0.39 is 10.0 Å². The molecule has 6 nitrogen and oxygen atoms in total. The average molecular weight is 380 g/mol. The predicted octanol–water partition coefficient (Wildman–Crippen LogP) is 4.08. The van der Waals surface area contributed by atoms with Gasteiger partial charge in [-0.1, -0.05) is 11.6 Å². The fraction of sp³-hybridized carbons (Fsp3) is 0.235. The number of nitrogens with zero attached hydrogens (tertiary/aromatic N) is 2. The van der Waals surface area contributed by atoms with E-state index in [-0.39, 0.29) is 10.9 Å². The molecule has 0 unspecified atom stereocenters. The van der Waals surface area contributed by atoms with Gasteiger partial charge in [-0.25, -0.2) is 13.4 Å². The lowest BCUT2D eigenvalue weighted by Crippen LogP contribution is -2.12. The minimum absolute atomic E-state index is 0.0804. The number of hydrogen-bond donors (Lipinski definition) is 1. The summed E-state index contributed by atoms with van der Waals surface area (Å²) in [6.45, 7) is 3.95. The number of hydrogen-bond acceptors (Lipinski definition) is 4. The van der Waals surface area contributed by atoms with E-state index in [9.17, 15) is 8.42 Å². The first-order valence-corrected chi connectivity index (χ1v) is 9.51. The highest BCUT2D eigenvalue weighted by Gasteiger charge is 2.23. The molecule has 0 fully saturated rings. The Hall–Kier alpha value is -2.25. The van der Waals surface area contributed by atoms with Crippen LogP contribution in [0.5, 0.6) is 5.75 Å². The van der Waals surface area contributed by atoms with Crippen molar-refractivity contribution in [1.82, 2.24) is 9.55 Å². The van der Waals surface area contributed by atoms with Crippen molar-refractivity contribution in [3.63, 3.8) is 0 Å². The number of rotatable bonds is 5. The standard InChI is InChI=1S/C17H18ClN3O3S/c1-11(2)21-10-16(13-5-4-8-19-17(13)21)25(22,23)20-12-6-7-15(24-3)14(18)9-12/h4-11,20H,1-3H3. The fourth-order valence-corrected chi connectivity index (χ4v) is 4.11. The van der Waals surface area contributed by atoms with Crippen LogP contribution in [0.4, 0.5) is 5.69 Å². The highest BCUT2D eigenvalue weighted by molar-refractivity contribution is 7.93. The van der Waals surface area contributed by atoms with Crippen molar-refractivity contribution in [3.8, 4) is 5.75 Å². The molecule has 0 spiro atoms. The number of halogens is 1. The lowest BCUT2D eigenvalue weighted by atomic mass is 10.3. The predicted molar refractivity (Wildman–Crippen MR) is 98.9 cm³/mol. The molecular weight excluding hydrogens is 362 g/mol. The summed E-state index contributed by atoms with van der Waals surface area (Å²) in [5.41, 5.74) is 0.991. The van der Waals surface area contributed by atoms with Gasteiger partial charge in [-0.3, -0.25) is 4.72 Å². The maximum Gasteiger partial charge on any atom is 0.264 e. The molecule has 0 saturated heterocycles. The van der Waals surface area contributed by atoms with Gasteiger partial charge in [0.15, 0.2) is 0 Å². The van der Waals surface area contributed by atoms with Crippen molar-refractivity contribution in [2.75, 3.05) is 11.8 Å². The van der Waals surface area contributed by atoms with Gasteiger partial charge in [0.1, 0.15) is 16.3 Å². The summed E-state index contributed by atoms with van der Waals surface area (Å²) < 4.78 is 35.3. The molecule has 0 bridgehead atoms. The van der Waals surface area contributed by atoms with Crippen LogP contribution < -0.4 is 9.46 Å². The van der Waals surface area contributed by atoms with Gasteiger partial charge < -0.3 is 9.30 Å². The zero-order chi connectivity index (χ0) is 18.2. The molecule has 2 aromatic heterocycles. The topological polar surface area (TPSA) is 73.2 Å². The Labute approximate surface area is 151 Å². The van der Waals surface area contributed by atoms with Crippen LogP contribution in [0.1, 0.15) is 19.9 Å². The third-order valence-electron chi connectivity index (χ3n) is 3.80. The Morgan fingerprint density at radius 3 is 2.68 bits per heavy atom. The summed E-state index contributed by atoms with van der Waals surface area (Å²) in [5.74, 6) is 0.477. The molecule has 8 heteroatoms. The molecule has 0 aliphatic carbocycles. The number of pyridine rings is 1. The molecule has 132 valence electrons. The van der Waals surface area contributed by atoms with Crippen LogP contribution in [0.2, 0.25) is 5.02 Å². The Bertz CT molecular complexity index is 1030. The van der Waals surface area contributed by atoms with Crippen molar-refractivity contribution in [3.05, 3.63) is 47.7 Å². The van der Waals surface area contributed by atoms with Gasteiger partial charge in [-0.2, -0.15) is 0 Å². The van der Waals surface area contributed by atoms with E-state index in [4.69, 9.17) is 16.3 Å². The number of ether oxygens (including phenoxy) is 1. The lowest BCUT2D eigenvalue weighted by molar-refractivity contribution is 0.415. The number of nitrogens with one attached hydrogen (secondary N) is 1. The average Bonchev–Trinajstić information content (AvgIpc) is 2.95. The van der Waals surface area contributed by atoms with Crippen LogP contribution >= 0.6 is 11.6 Å². The molecule has 25 heavy (non-hydrogen) atoms. The number of fused-ring (bicyclic) bond motifs is 1. The van der Waals surface area contributed by atoms with Gasteiger partial charge in [0.2, 0.25) is 0 Å². The largest absolute Gasteiger partial charge is 0.495 e. The molecule has 0 aliphatic rings. The number of benzene rings is 1. The van der Waals surface area contributed by atoms with Crippen LogP contribution in [0.15, 0.2) is 47.6 Å². The van der Waals surface area contributed by atoms with Gasteiger partial charge in [-0.05, 0) is 44.2 Å². The first kappa shape index (κ1) is 17.6. The highest BCUT2D eigenvalue weighted by Crippen LogP contribution is 2.31. The zero-order valence-corrected chi connectivity index (χ0v) is 15.6. The Morgan fingerprint density at radius 1 is 1.28 bits per heavy atom. The molecular formula is C17H18ClN3O3S. The summed E-state index contributed by atoms with van der Waals surface area (Å²) in [6, 6.07) is 8.27. The van der Waals surface area contributed by atoms with Crippen molar-refractivity contribution in [2.24, 2.45) is 0 Å². The molecule has 0 radical (unpaired) electrons. The third-order valence-corrected chi connectivity index (χ3v) is 5.51. The Balaban J connectivity index is 2.06. The second-order valence-electron chi connectivity index (χ2n) is 5.82. The monoisotopic (exact) mass is 379 g/mol. The smallest absolute Gasteiger partial charge is 0.264 e. The zero-order valence-electron chi connectivity index (χ0n) is 14.0. The fourth-order valence-electron chi connectivity index (χ4n) is 2.60. The second-order valence-corrected chi connectivity index (χ2v) is 7.88. The second kappa shape index (κ2) is 6.57. The van der Waals surface area contributed by atoms with Crippen molar-refractivity contribution in [1.29, 1.82) is 0 Å². The SMILES string of the molecule is COc1ccc(NS(=O)(=O)c2cn(C(C)C)c3ncccc23)cc1Cl. The van der Waals surface area contributed by atoms with Crippen molar-refractivity contribution in [2.45, 2.75) is 24.8 Å². The van der Waals surface area contributed by atoms with E-state index in [1.807, 2.05) is 18.4 Å². The van der Waals surface area contributed by atoms with Crippen LogP contribution in [-0.4, -0.2) is 25.1 Å². The molecule has 3 aromatic rings. The minimum Gasteiger partial charge on any atom is -0.495 e. The van der Waals surface area contributed by atoms with E-state index >= 15 is 0 Å².